The molecule has 0 saturated heterocycles. The van der Waals surface area contributed by atoms with Crippen molar-refractivity contribution in [3.8, 4) is 17.2 Å². The maximum atomic E-state index is 11.9. The van der Waals surface area contributed by atoms with E-state index in [1.165, 1.54) is 44.7 Å². The summed E-state index contributed by atoms with van der Waals surface area (Å²) < 4.78 is 10.1. The van der Waals surface area contributed by atoms with E-state index in [9.17, 15) is 20.0 Å². The lowest BCUT2D eigenvalue weighted by Gasteiger charge is -2.08. The van der Waals surface area contributed by atoms with Crippen molar-refractivity contribution in [2.75, 3.05) is 14.2 Å². The van der Waals surface area contributed by atoms with Crippen LogP contribution in [0.25, 0.3) is 0 Å². The number of aromatic hydroxyl groups is 1. The molecular formula is C17H17N3O6. The highest BCUT2D eigenvalue weighted by Crippen LogP contribution is 2.33. The van der Waals surface area contributed by atoms with Gasteiger partial charge in [-0.05, 0) is 17.7 Å². The molecule has 0 aliphatic heterocycles. The first-order chi connectivity index (χ1) is 12.4. The molecule has 2 rings (SSSR count). The summed E-state index contributed by atoms with van der Waals surface area (Å²) in [6.45, 7) is 0. The van der Waals surface area contributed by atoms with Crippen LogP contribution in [0.5, 0.6) is 17.2 Å². The number of nitrogens with one attached hydrogen (secondary N) is 1. The number of ether oxygens (including phenoxy) is 2. The number of carbonyl (C=O) groups excluding carboxylic acids is 1. The minimum absolute atomic E-state index is 0.0559. The summed E-state index contributed by atoms with van der Waals surface area (Å²) in [5, 5.41) is 24.1. The Kier molecular flexibility index (Phi) is 6.10. The average Bonchev–Trinajstić information content (AvgIpc) is 2.63. The van der Waals surface area contributed by atoms with E-state index in [-0.39, 0.29) is 29.5 Å². The van der Waals surface area contributed by atoms with Crippen molar-refractivity contribution in [2.45, 2.75) is 6.42 Å². The van der Waals surface area contributed by atoms with Gasteiger partial charge in [0.1, 0.15) is 11.5 Å². The standard InChI is InChI=1S/C17H17N3O6/c1-25-15-9-16(26-2)14(20(23)24)8-12(15)10-18-19-17(22)7-11-3-5-13(21)6-4-11/h3-6,8-10,21H,7H2,1-2H3,(H,19,22)/b18-10-. The van der Waals surface area contributed by atoms with Crippen LogP contribution >= 0.6 is 0 Å². The fraction of sp³-hybridized carbons (Fsp3) is 0.176. The summed E-state index contributed by atoms with van der Waals surface area (Å²) >= 11 is 0. The first-order valence-electron chi connectivity index (χ1n) is 7.44. The van der Waals surface area contributed by atoms with Gasteiger partial charge in [0.15, 0.2) is 0 Å². The molecule has 2 aromatic rings. The van der Waals surface area contributed by atoms with E-state index in [0.29, 0.717) is 16.9 Å². The first-order valence-corrected chi connectivity index (χ1v) is 7.44. The number of benzene rings is 2. The smallest absolute Gasteiger partial charge is 0.311 e. The highest BCUT2D eigenvalue weighted by molar-refractivity contribution is 5.87. The van der Waals surface area contributed by atoms with E-state index in [1.54, 1.807) is 12.1 Å². The lowest BCUT2D eigenvalue weighted by Crippen LogP contribution is -2.19. The van der Waals surface area contributed by atoms with Gasteiger partial charge in [-0.3, -0.25) is 14.9 Å². The molecule has 2 N–H and O–H groups in total. The molecule has 0 fully saturated rings. The number of nitrogens with zero attached hydrogens (tertiary/aromatic N) is 2. The van der Waals surface area contributed by atoms with Crippen LogP contribution < -0.4 is 14.9 Å². The lowest BCUT2D eigenvalue weighted by atomic mass is 10.1. The van der Waals surface area contributed by atoms with Gasteiger partial charge in [0.2, 0.25) is 11.7 Å². The topological polar surface area (TPSA) is 123 Å². The molecule has 9 nitrogen and oxygen atoms in total. The van der Waals surface area contributed by atoms with Crippen molar-refractivity contribution >= 4 is 17.8 Å². The van der Waals surface area contributed by atoms with Gasteiger partial charge in [-0.15, -0.1) is 0 Å². The number of hydrogen-bond donors (Lipinski definition) is 2. The first kappa shape index (κ1) is 18.7. The Morgan fingerprint density at radius 2 is 1.88 bits per heavy atom. The van der Waals surface area contributed by atoms with Gasteiger partial charge in [0, 0.05) is 17.7 Å². The van der Waals surface area contributed by atoms with Crippen LogP contribution in [0.3, 0.4) is 0 Å². The summed E-state index contributed by atoms with van der Waals surface area (Å²) in [7, 11) is 2.72. The molecule has 0 saturated carbocycles. The molecule has 0 unspecified atom stereocenters. The Balaban J connectivity index is 2.11. The van der Waals surface area contributed by atoms with Gasteiger partial charge >= 0.3 is 5.69 Å². The summed E-state index contributed by atoms with van der Waals surface area (Å²) in [4.78, 5) is 22.4. The Bertz CT molecular complexity index is 833. The maximum Gasteiger partial charge on any atom is 0.311 e. The van der Waals surface area contributed by atoms with E-state index in [2.05, 4.69) is 10.5 Å². The second-order valence-corrected chi connectivity index (χ2v) is 5.16. The van der Waals surface area contributed by atoms with Crippen molar-refractivity contribution in [3.63, 3.8) is 0 Å². The SMILES string of the molecule is COc1cc(OC)c([N+](=O)[O-])cc1/C=N\NC(=O)Cc1ccc(O)cc1. The molecule has 0 aromatic heterocycles. The van der Waals surface area contributed by atoms with Gasteiger partial charge in [-0.25, -0.2) is 5.43 Å². The molecule has 0 aliphatic rings. The molecular weight excluding hydrogens is 342 g/mol. The van der Waals surface area contributed by atoms with Crippen LogP contribution in [-0.2, 0) is 11.2 Å². The van der Waals surface area contributed by atoms with Gasteiger partial charge in [-0.1, -0.05) is 12.1 Å². The minimum atomic E-state index is -0.584. The normalized spacial score (nSPS) is 10.5. The number of carbonyl (C=O) groups is 1. The molecule has 9 heteroatoms. The largest absolute Gasteiger partial charge is 0.508 e. The number of phenolic OH excluding ortho intramolecular Hbond substituents is 1. The van der Waals surface area contributed by atoms with Gasteiger partial charge < -0.3 is 14.6 Å². The van der Waals surface area contributed by atoms with Crippen molar-refractivity contribution < 1.29 is 24.3 Å². The lowest BCUT2D eigenvalue weighted by molar-refractivity contribution is -0.385. The zero-order valence-corrected chi connectivity index (χ0v) is 14.1. The van der Waals surface area contributed by atoms with Gasteiger partial charge in [0.05, 0.1) is 31.8 Å². The average molecular weight is 359 g/mol. The minimum Gasteiger partial charge on any atom is -0.508 e. The fourth-order valence-electron chi connectivity index (χ4n) is 2.16. The fourth-order valence-corrected chi connectivity index (χ4v) is 2.16. The van der Waals surface area contributed by atoms with Gasteiger partial charge in [-0.2, -0.15) is 5.10 Å². The third-order valence-corrected chi connectivity index (χ3v) is 3.42. The molecule has 26 heavy (non-hydrogen) atoms. The molecule has 136 valence electrons. The molecule has 0 atom stereocenters. The maximum absolute atomic E-state index is 11.9. The van der Waals surface area contributed by atoms with E-state index < -0.39 is 4.92 Å². The van der Waals surface area contributed by atoms with Crippen LogP contribution in [0.15, 0.2) is 41.5 Å². The third kappa shape index (κ3) is 4.69. The number of rotatable bonds is 7. The molecule has 0 radical (unpaired) electrons. The third-order valence-electron chi connectivity index (χ3n) is 3.42. The number of nitro groups is 1. The molecule has 1 amide bonds. The summed E-state index contributed by atoms with van der Waals surface area (Å²) in [5.74, 6) is 0.0960. The predicted octanol–water partition coefficient (Wildman–Crippen LogP) is 2.01. The predicted molar refractivity (Wildman–Crippen MR) is 93.7 cm³/mol. The molecule has 2 aromatic carbocycles. The number of hydrogen-bond acceptors (Lipinski definition) is 7. The highest BCUT2D eigenvalue weighted by atomic mass is 16.6. The summed E-state index contributed by atoms with van der Waals surface area (Å²) in [6, 6.07) is 8.81. The summed E-state index contributed by atoms with van der Waals surface area (Å²) in [5.41, 5.74) is 3.10. The van der Waals surface area contributed by atoms with Crippen molar-refractivity contribution in [1.82, 2.24) is 5.43 Å². The highest BCUT2D eigenvalue weighted by Gasteiger charge is 2.18. The van der Waals surface area contributed by atoms with Crippen molar-refractivity contribution in [3.05, 3.63) is 57.6 Å². The van der Waals surface area contributed by atoms with Gasteiger partial charge in [0.25, 0.3) is 0 Å². The Labute approximate surface area is 149 Å². The van der Waals surface area contributed by atoms with E-state index in [0.717, 1.165) is 0 Å². The van der Waals surface area contributed by atoms with Crippen molar-refractivity contribution in [1.29, 1.82) is 0 Å². The quantitative estimate of drug-likeness (QED) is 0.443. The number of methoxy groups -OCH3 is 2. The van der Waals surface area contributed by atoms with Crippen LogP contribution in [-0.4, -0.2) is 36.4 Å². The zero-order valence-electron chi connectivity index (χ0n) is 14.1. The number of hydrazone groups is 1. The molecule has 0 aliphatic carbocycles. The number of nitro benzene ring substituents is 1. The Morgan fingerprint density at radius 3 is 2.46 bits per heavy atom. The zero-order chi connectivity index (χ0) is 19.1. The van der Waals surface area contributed by atoms with Crippen LogP contribution in [0, 0.1) is 10.1 Å². The van der Waals surface area contributed by atoms with E-state index in [1.807, 2.05) is 0 Å². The molecule has 0 spiro atoms. The Morgan fingerprint density at radius 1 is 1.23 bits per heavy atom. The number of amides is 1. The number of phenols is 1. The van der Waals surface area contributed by atoms with E-state index in [4.69, 9.17) is 9.47 Å². The molecule has 0 bridgehead atoms. The van der Waals surface area contributed by atoms with E-state index >= 15 is 0 Å². The van der Waals surface area contributed by atoms with Crippen LogP contribution in [0.2, 0.25) is 0 Å². The van der Waals surface area contributed by atoms with Crippen LogP contribution in [0.1, 0.15) is 11.1 Å². The molecule has 0 heterocycles. The second-order valence-electron chi connectivity index (χ2n) is 5.16. The monoisotopic (exact) mass is 359 g/mol. The second kappa shape index (κ2) is 8.47. The van der Waals surface area contributed by atoms with Crippen LogP contribution in [0.4, 0.5) is 5.69 Å². The summed E-state index contributed by atoms with van der Waals surface area (Å²) in [6.07, 6.45) is 1.32. The Hall–Kier alpha value is -3.62. The van der Waals surface area contributed by atoms with Crippen molar-refractivity contribution in [2.24, 2.45) is 5.10 Å².